The number of ketones is 1. The van der Waals surface area contributed by atoms with Crippen molar-refractivity contribution in [3.05, 3.63) is 0 Å². The molecular weight excluding hydrogens is 200 g/mol. The zero-order valence-electron chi connectivity index (χ0n) is 9.25. The Morgan fingerprint density at radius 1 is 1.36 bits per heavy atom. The molecule has 0 aromatic carbocycles. The number of methoxy groups -OCH3 is 1. The first-order valence-electron chi connectivity index (χ1n) is 4.57. The largest absolute Gasteiger partial charge is 0.469 e. The van der Waals surface area contributed by atoms with E-state index in [2.05, 4.69) is 4.74 Å². The minimum Gasteiger partial charge on any atom is -0.469 e. The normalized spacial score (nSPS) is 11.1. The maximum absolute atomic E-state index is 10.9. The summed E-state index contributed by atoms with van der Waals surface area (Å²) in [5.41, 5.74) is 0. The average Bonchev–Trinajstić information content (AvgIpc) is 2.01. The topological polar surface area (TPSA) is 43.4 Å². The summed E-state index contributed by atoms with van der Waals surface area (Å²) in [5, 5.41) is 0. The van der Waals surface area contributed by atoms with Crippen molar-refractivity contribution >= 4 is 23.5 Å². The summed E-state index contributed by atoms with van der Waals surface area (Å²) in [4.78, 5) is 21.7. The van der Waals surface area contributed by atoms with Gasteiger partial charge in [-0.2, -0.15) is 11.8 Å². The highest BCUT2D eigenvalue weighted by molar-refractivity contribution is 8.00. The van der Waals surface area contributed by atoms with Gasteiger partial charge in [0.15, 0.2) is 0 Å². The van der Waals surface area contributed by atoms with Crippen molar-refractivity contribution in [3.8, 4) is 0 Å². The van der Waals surface area contributed by atoms with Crippen molar-refractivity contribution < 1.29 is 14.3 Å². The number of hydrogen-bond donors (Lipinski definition) is 0. The first-order valence-corrected chi connectivity index (χ1v) is 5.56. The molecule has 0 N–H and O–H groups in total. The van der Waals surface area contributed by atoms with Crippen molar-refractivity contribution in [3.63, 3.8) is 0 Å². The monoisotopic (exact) mass is 218 g/mol. The molecule has 0 fully saturated rings. The van der Waals surface area contributed by atoms with E-state index in [1.165, 1.54) is 7.11 Å². The second-order valence-corrected chi connectivity index (χ2v) is 5.62. The fraction of sp³-hybridized carbons (Fsp3) is 0.800. The summed E-state index contributed by atoms with van der Waals surface area (Å²) in [6.45, 7) is 5.61. The van der Waals surface area contributed by atoms with Gasteiger partial charge >= 0.3 is 5.97 Å². The number of ether oxygens (including phenoxy) is 1. The fourth-order valence-corrected chi connectivity index (χ4v) is 2.29. The van der Waals surface area contributed by atoms with Gasteiger partial charge in [0.1, 0.15) is 5.78 Å². The lowest BCUT2D eigenvalue weighted by Gasteiger charge is -2.22. The van der Waals surface area contributed by atoms with Gasteiger partial charge in [0, 0.05) is 16.9 Å². The lowest BCUT2D eigenvalue weighted by atomic mass is 10.1. The molecule has 4 heteroatoms. The number of thioether (sulfide) groups is 1. The summed E-state index contributed by atoms with van der Waals surface area (Å²) >= 11 is 1.63. The molecule has 0 bridgehead atoms. The van der Waals surface area contributed by atoms with E-state index in [1.54, 1.807) is 18.7 Å². The molecule has 0 saturated carbocycles. The van der Waals surface area contributed by atoms with Crippen LogP contribution in [0.4, 0.5) is 0 Å². The Hall–Kier alpha value is -0.510. The molecule has 0 unspecified atom stereocenters. The van der Waals surface area contributed by atoms with Gasteiger partial charge in [0.25, 0.3) is 0 Å². The van der Waals surface area contributed by atoms with Crippen molar-refractivity contribution in [2.75, 3.05) is 12.9 Å². The number of esters is 1. The third kappa shape index (κ3) is 6.95. The smallest absolute Gasteiger partial charge is 0.306 e. The summed E-state index contributed by atoms with van der Waals surface area (Å²) in [6.07, 6.45) is 0.946. The standard InChI is InChI=1S/C10H18O3S/c1-8(11)7-10(2,3)14-6-5-9(12)13-4/h5-7H2,1-4H3. The number of rotatable bonds is 6. The van der Waals surface area contributed by atoms with Gasteiger partial charge in [0.05, 0.1) is 13.5 Å². The highest BCUT2D eigenvalue weighted by atomic mass is 32.2. The van der Waals surface area contributed by atoms with Crippen LogP contribution in [0.2, 0.25) is 0 Å². The lowest BCUT2D eigenvalue weighted by Crippen LogP contribution is -2.19. The highest BCUT2D eigenvalue weighted by Crippen LogP contribution is 2.28. The molecule has 0 aliphatic heterocycles. The second kappa shape index (κ2) is 6.06. The fourth-order valence-electron chi connectivity index (χ4n) is 1.16. The van der Waals surface area contributed by atoms with E-state index in [0.717, 1.165) is 0 Å². The third-order valence-electron chi connectivity index (χ3n) is 1.70. The number of Topliss-reactive ketones (excluding diaryl/α,β-unsaturated/α-hetero) is 1. The third-order valence-corrected chi connectivity index (χ3v) is 3.04. The van der Waals surface area contributed by atoms with Gasteiger partial charge in [-0.1, -0.05) is 13.8 Å². The molecule has 0 rings (SSSR count). The van der Waals surface area contributed by atoms with Gasteiger partial charge < -0.3 is 4.74 Å². The van der Waals surface area contributed by atoms with Gasteiger partial charge in [-0.05, 0) is 6.92 Å². The Labute approximate surface area is 89.6 Å². The summed E-state index contributed by atoms with van der Waals surface area (Å²) in [5.74, 6) is 0.684. The molecule has 14 heavy (non-hydrogen) atoms. The van der Waals surface area contributed by atoms with Crippen LogP contribution in [0.15, 0.2) is 0 Å². The van der Waals surface area contributed by atoms with Crippen molar-refractivity contribution in [2.24, 2.45) is 0 Å². The van der Waals surface area contributed by atoms with E-state index in [1.807, 2.05) is 13.8 Å². The van der Waals surface area contributed by atoms with Crippen LogP contribution in [0, 0.1) is 0 Å². The molecule has 0 aliphatic rings. The zero-order valence-corrected chi connectivity index (χ0v) is 10.1. The zero-order chi connectivity index (χ0) is 11.2. The van der Waals surface area contributed by atoms with Gasteiger partial charge in [-0.3, -0.25) is 9.59 Å². The second-order valence-electron chi connectivity index (χ2n) is 3.81. The predicted molar refractivity (Wildman–Crippen MR) is 58.5 cm³/mol. The Bertz CT molecular complexity index is 211. The van der Waals surface area contributed by atoms with E-state index < -0.39 is 0 Å². The Kier molecular flexibility index (Phi) is 5.84. The Morgan fingerprint density at radius 3 is 2.36 bits per heavy atom. The maximum Gasteiger partial charge on any atom is 0.306 e. The van der Waals surface area contributed by atoms with E-state index in [4.69, 9.17) is 0 Å². The molecule has 82 valence electrons. The number of hydrogen-bond acceptors (Lipinski definition) is 4. The van der Waals surface area contributed by atoms with E-state index in [0.29, 0.717) is 18.6 Å². The van der Waals surface area contributed by atoms with Gasteiger partial charge in [-0.15, -0.1) is 0 Å². The Balaban J connectivity index is 3.76. The maximum atomic E-state index is 10.9. The molecule has 0 amide bonds. The van der Waals surface area contributed by atoms with Crippen LogP contribution in [0.25, 0.3) is 0 Å². The average molecular weight is 218 g/mol. The van der Waals surface area contributed by atoms with Crippen molar-refractivity contribution in [2.45, 2.75) is 38.4 Å². The lowest BCUT2D eigenvalue weighted by molar-refractivity contribution is -0.140. The molecule has 0 spiro atoms. The SMILES string of the molecule is COC(=O)CCSC(C)(C)CC(C)=O. The number of carbonyl (C=O) groups is 2. The van der Waals surface area contributed by atoms with Crippen LogP contribution in [-0.4, -0.2) is 29.4 Å². The van der Waals surface area contributed by atoms with Crippen LogP contribution in [0.5, 0.6) is 0 Å². The predicted octanol–water partition coefficient (Wildman–Crippen LogP) is 2.04. The minimum atomic E-state index is -0.198. The molecule has 0 aliphatic carbocycles. The molecule has 0 radical (unpaired) electrons. The highest BCUT2D eigenvalue weighted by Gasteiger charge is 2.20. The van der Waals surface area contributed by atoms with Crippen LogP contribution in [0.1, 0.15) is 33.6 Å². The first kappa shape index (κ1) is 13.5. The van der Waals surface area contributed by atoms with E-state index in [9.17, 15) is 9.59 Å². The van der Waals surface area contributed by atoms with E-state index >= 15 is 0 Å². The van der Waals surface area contributed by atoms with Crippen LogP contribution in [-0.2, 0) is 14.3 Å². The molecule has 0 aromatic rings. The van der Waals surface area contributed by atoms with E-state index in [-0.39, 0.29) is 16.5 Å². The van der Waals surface area contributed by atoms with Crippen LogP contribution in [0.3, 0.4) is 0 Å². The van der Waals surface area contributed by atoms with Crippen molar-refractivity contribution in [1.82, 2.24) is 0 Å². The Morgan fingerprint density at radius 2 is 1.93 bits per heavy atom. The van der Waals surface area contributed by atoms with Crippen molar-refractivity contribution in [1.29, 1.82) is 0 Å². The van der Waals surface area contributed by atoms with Crippen LogP contribution >= 0.6 is 11.8 Å². The quantitative estimate of drug-likeness (QED) is 0.640. The molecule has 0 aromatic heterocycles. The van der Waals surface area contributed by atoms with Crippen LogP contribution < -0.4 is 0 Å². The molecule has 0 heterocycles. The molecular formula is C10H18O3S. The number of carbonyl (C=O) groups excluding carboxylic acids is 2. The summed E-state index contributed by atoms with van der Waals surface area (Å²) < 4.78 is 4.44. The molecule has 0 saturated heterocycles. The van der Waals surface area contributed by atoms with Gasteiger partial charge in [-0.25, -0.2) is 0 Å². The van der Waals surface area contributed by atoms with Gasteiger partial charge in [0.2, 0.25) is 0 Å². The molecule has 3 nitrogen and oxygen atoms in total. The first-order chi connectivity index (χ1) is 6.37. The molecule has 0 atom stereocenters. The minimum absolute atomic E-state index is 0.0835. The summed E-state index contributed by atoms with van der Waals surface area (Å²) in [6, 6.07) is 0. The summed E-state index contributed by atoms with van der Waals surface area (Å²) in [7, 11) is 1.38.